The van der Waals surface area contributed by atoms with E-state index in [9.17, 15) is 10.2 Å². The van der Waals surface area contributed by atoms with Crippen LogP contribution in [0.5, 0.6) is 23.0 Å². The number of benzene rings is 2. The van der Waals surface area contributed by atoms with Gasteiger partial charge >= 0.3 is 0 Å². The van der Waals surface area contributed by atoms with Gasteiger partial charge in [-0.3, -0.25) is 0 Å². The molecule has 0 amide bonds. The fraction of sp³-hybridized carbons (Fsp3) is 0.300. The molecule has 0 saturated carbocycles. The quantitative estimate of drug-likeness (QED) is 0.818. The van der Waals surface area contributed by atoms with Crippen molar-refractivity contribution in [3.63, 3.8) is 0 Å². The van der Waals surface area contributed by atoms with Crippen molar-refractivity contribution in [2.75, 3.05) is 14.2 Å². The minimum Gasteiger partial charge on any atom is -0.504 e. The van der Waals surface area contributed by atoms with E-state index >= 15 is 0 Å². The Morgan fingerprint density at radius 1 is 0.920 bits per heavy atom. The van der Waals surface area contributed by atoms with Crippen LogP contribution in [0.3, 0.4) is 0 Å². The number of hydrogen-bond acceptors (Lipinski definition) is 5. The average Bonchev–Trinajstić information content (AvgIpc) is 2.91. The van der Waals surface area contributed by atoms with Crippen LogP contribution in [0.1, 0.15) is 30.3 Å². The zero-order valence-electron chi connectivity index (χ0n) is 14.5. The Hall–Kier alpha value is -2.66. The molecule has 0 bridgehead atoms. The van der Waals surface area contributed by atoms with E-state index in [1.807, 2.05) is 6.07 Å². The van der Waals surface area contributed by atoms with Crippen LogP contribution >= 0.6 is 0 Å². The second kappa shape index (κ2) is 6.69. The lowest BCUT2D eigenvalue weighted by atomic mass is 9.90. The highest BCUT2D eigenvalue weighted by molar-refractivity contribution is 5.46. The summed E-state index contributed by atoms with van der Waals surface area (Å²) in [5.41, 5.74) is 2.74. The summed E-state index contributed by atoms with van der Waals surface area (Å²) >= 11 is 0. The molecule has 0 aromatic heterocycles. The number of rotatable bonds is 4. The van der Waals surface area contributed by atoms with E-state index < -0.39 is 0 Å². The number of methoxy groups -OCH3 is 2. The lowest BCUT2D eigenvalue weighted by Crippen LogP contribution is -2.04. The predicted molar refractivity (Wildman–Crippen MR) is 94.2 cm³/mol. The zero-order chi connectivity index (χ0) is 18.1. The van der Waals surface area contributed by atoms with Gasteiger partial charge in [0.25, 0.3) is 0 Å². The molecular formula is C20H22O5. The number of aromatic hydroxyl groups is 2. The van der Waals surface area contributed by atoms with Crippen LogP contribution in [0.15, 0.2) is 48.6 Å². The van der Waals surface area contributed by atoms with Crippen LogP contribution in [0.2, 0.25) is 0 Å². The molecule has 1 heterocycles. The second-order valence-electron chi connectivity index (χ2n) is 6.16. The molecule has 1 aliphatic heterocycles. The zero-order valence-corrected chi connectivity index (χ0v) is 14.5. The van der Waals surface area contributed by atoms with E-state index in [0.717, 1.165) is 16.7 Å². The van der Waals surface area contributed by atoms with Gasteiger partial charge in [-0.2, -0.15) is 0 Å². The monoisotopic (exact) mass is 342 g/mol. The number of phenolic OH excluding ortho intramolecular Hbond substituents is 2. The van der Waals surface area contributed by atoms with Gasteiger partial charge in [0.15, 0.2) is 23.0 Å². The third-order valence-corrected chi connectivity index (χ3v) is 4.70. The van der Waals surface area contributed by atoms with E-state index in [-0.39, 0.29) is 29.6 Å². The molecule has 3 atom stereocenters. The molecule has 5 heteroatoms. The minimum absolute atomic E-state index is 0.0825. The summed E-state index contributed by atoms with van der Waals surface area (Å²) in [4.78, 5) is 0. The molecule has 1 saturated heterocycles. The summed E-state index contributed by atoms with van der Waals surface area (Å²) in [6, 6.07) is 10.4. The van der Waals surface area contributed by atoms with Crippen molar-refractivity contribution < 1.29 is 24.4 Å². The molecule has 132 valence electrons. The van der Waals surface area contributed by atoms with Crippen molar-refractivity contribution >= 4 is 0 Å². The summed E-state index contributed by atoms with van der Waals surface area (Å²) in [5, 5.41) is 19.6. The average molecular weight is 342 g/mol. The molecule has 0 unspecified atom stereocenters. The first kappa shape index (κ1) is 17.2. The molecule has 2 aromatic rings. The number of phenols is 2. The van der Waals surface area contributed by atoms with Gasteiger partial charge in [0.1, 0.15) is 6.10 Å². The van der Waals surface area contributed by atoms with Gasteiger partial charge in [0.2, 0.25) is 0 Å². The highest BCUT2D eigenvalue weighted by Gasteiger charge is 2.38. The van der Waals surface area contributed by atoms with Crippen molar-refractivity contribution in [2.45, 2.75) is 19.1 Å². The van der Waals surface area contributed by atoms with Gasteiger partial charge in [0.05, 0.1) is 20.3 Å². The second-order valence-corrected chi connectivity index (χ2v) is 6.16. The van der Waals surface area contributed by atoms with Gasteiger partial charge in [-0.25, -0.2) is 0 Å². The lowest BCUT2D eigenvalue weighted by Gasteiger charge is -2.17. The largest absolute Gasteiger partial charge is 0.504 e. The Morgan fingerprint density at radius 2 is 1.44 bits per heavy atom. The third kappa shape index (κ3) is 3.03. The highest BCUT2D eigenvalue weighted by Crippen LogP contribution is 2.49. The maximum Gasteiger partial charge on any atom is 0.160 e. The number of ether oxygens (including phenoxy) is 3. The molecule has 1 aliphatic rings. The van der Waals surface area contributed by atoms with Crippen LogP contribution in [-0.2, 0) is 4.74 Å². The van der Waals surface area contributed by atoms with Gasteiger partial charge in [0, 0.05) is 5.92 Å². The fourth-order valence-corrected chi connectivity index (χ4v) is 3.17. The Labute approximate surface area is 147 Å². The number of hydrogen-bond donors (Lipinski definition) is 2. The maximum atomic E-state index is 9.79. The molecule has 2 aromatic carbocycles. The van der Waals surface area contributed by atoms with Crippen molar-refractivity contribution in [1.29, 1.82) is 0 Å². The van der Waals surface area contributed by atoms with Gasteiger partial charge in [-0.05, 0) is 41.0 Å². The highest BCUT2D eigenvalue weighted by atomic mass is 16.5. The smallest absolute Gasteiger partial charge is 0.160 e. The van der Waals surface area contributed by atoms with Crippen molar-refractivity contribution in [3.8, 4) is 23.0 Å². The Balaban J connectivity index is 1.92. The normalized spacial score (nSPS) is 22.8. The van der Waals surface area contributed by atoms with Crippen molar-refractivity contribution in [3.05, 3.63) is 59.7 Å². The van der Waals surface area contributed by atoms with Gasteiger partial charge in [-0.1, -0.05) is 25.6 Å². The summed E-state index contributed by atoms with van der Waals surface area (Å²) in [5.74, 6) is 1.07. The van der Waals surface area contributed by atoms with Gasteiger partial charge < -0.3 is 24.4 Å². The van der Waals surface area contributed by atoms with Crippen molar-refractivity contribution in [2.24, 2.45) is 5.92 Å². The first-order valence-electron chi connectivity index (χ1n) is 8.04. The topological polar surface area (TPSA) is 68.2 Å². The SMILES string of the molecule is C=C1[C@H](c2ccc(O)c(OC)c2)O[C@@H](c2ccc(O)c(OC)c2)[C@H]1C. The molecule has 5 nitrogen and oxygen atoms in total. The molecule has 3 rings (SSSR count). The Morgan fingerprint density at radius 3 is 2.00 bits per heavy atom. The Bertz CT molecular complexity index is 799. The summed E-state index contributed by atoms with van der Waals surface area (Å²) in [6.07, 6.45) is -0.499. The molecule has 0 radical (unpaired) electrons. The van der Waals surface area contributed by atoms with E-state index in [4.69, 9.17) is 14.2 Å². The third-order valence-electron chi connectivity index (χ3n) is 4.70. The maximum absolute atomic E-state index is 9.79. The van der Waals surface area contributed by atoms with Crippen LogP contribution in [0.25, 0.3) is 0 Å². The fourth-order valence-electron chi connectivity index (χ4n) is 3.17. The first-order valence-corrected chi connectivity index (χ1v) is 8.04. The summed E-state index contributed by atoms with van der Waals surface area (Å²) in [7, 11) is 3.03. The molecule has 0 spiro atoms. The van der Waals surface area contributed by atoms with Crippen LogP contribution < -0.4 is 9.47 Å². The van der Waals surface area contributed by atoms with Crippen molar-refractivity contribution in [1.82, 2.24) is 0 Å². The molecule has 0 aliphatic carbocycles. The first-order chi connectivity index (χ1) is 12.0. The minimum atomic E-state index is -0.297. The van der Waals surface area contributed by atoms with Crippen LogP contribution in [-0.4, -0.2) is 24.4 Å². The summed E-state index contributed by atoms with van der Waals surface area (Å²) < 4.78 is 16.6. The van der Waals surface area contributed by atoms with Crippen LogP contribution in [0.4, 0.5) is 0 Å². The lowest BCUT2D eigenvalue weighted by molar-refractivity contribution is 0.0387. The standard InChI is InChI=1S/C20H22O5/c1-11-12(2)20(14-6-8-16(22)18(10-14)24-4)25-19(11)13-5-7-15(21)17(9-13)23-3/h5-10,12,19-22H,1H2,2-4H3/t12-,19+,20+/m0/s1. The predicted octanol–water partition coefficient (Wildman–Crippen LogP) is 4.12. The molecular weight excluding hydrogens is 320 g/mol. The Kier molecular flexibility index (Phi) is 4.59. The van der Waals surface area contributed by atoms with E-state index in [1.54, 1.807) is 30.3 Å². The molecule has 25 heavy (non-hydrogen) atoms. The molecule has 2 N–H and O–H groups in total. The van der Waals surface area contributed by atoms with E-state index in [2.05, 4.69) is 13.5 Å². The van der Waals surface area contributed by atoms with Gasteiger partial charge in [-0.15, -0.1) is 0 Å². The van der Waals surface area contributed by atoms with E-state index in [0.29, 0.717) is 11.5 Å². The summed E-state index contributed by atoms with van der Waals surface area (Å²) in [6.45, 7) is 6.26. The van der Waals surface area contributed by atoms with Crippen LogP contribution in [0, 0.1) is 5.92 Å². The molecule has 1 fully saturated rings. The van der Waals surface area contributed by atoms with E-state index in [1.165, 1.54) is 14.2 Å².